The topological polar surface area (TPSA) is 34.6 Å². The second-order valence-corrected chi connectivity index (χ2v) is 6.11. The summed E-state index contributed by atoms with van der Waals surface area (Å²) in [4.78, 5) is 9.82. The van der Waals surface area contributed by atoms with E-state index in [0.29, 0.717) is 0 Å². The normalized spacial score (nSPS) is 13.1. The summed E-state index contributed by atoms with van der Waals surface area (Å²) in [6.07, 6.45) is 7.67. The van der Waals surface area contributed by atoms with Crippen LogP contribution >= 0.6 is 11.3 Å². The van der Waals surface area contributed by atoms with E-state index in [1.54, 1.807) is 0 Å². The zero-order chi connectivity index (χ0) is 13.3. The zero-order valence-electron chi connectivity index (χ0n) is 10.9. The van der Waals surface area contributed by atoms with Gasteiger partial charge in [0.2, 0.25) is 0 Å². The lowest BCUT2D eigenvalue weighted by Crippen LogP contribution is -2.30. The molecule has 0 fully saturated rings. The third-order valence-electron chi connectivity index (χ3n) is 4.10. The zero-order valence-corrected chi connectivity index (χ0v) is 11.7. The molecule has 20 heavy (non-hydrogen) atoms. The van der Waals surface area contributed by atoms with Gasteiger partial charge in [-0.25, -0.2) is 0 Å². The molecule has 0 unspecified atom stereocenters. The molecule has 0 radical (unpaired) electrons. The summed E-state index contributed by atoms with van der Waals surface area (Å²) in [5.74, 6) is 0. The van der Waals surface area contributed by atoms with Crippen LogP contribution in [0, 0.1) is 0 Å². The van der Waals surface area contributed by atoms with Crippen molar-refractivity contribution in [3.05, 3.63) is 42.5 Å². The van der Waals surface area contributed by atoms with E-state index in [1.165, 1.54) is 37.4 Å². The standard InChI is InChI=1S/C15H11N4S/c1-18-12-7-17-5-3-10(12)13-15(18)20-14-11-6-16-4-2-9(11)8-19(13)14/h2-7H,8H2,1H3/q+1. The molecule has 0 aliphatic carbocycles. The SMILES string of the molecule is Cn1c2cnccc2c2c1sc1[n+]2Cc2ccncc2-1. The van der Waals surface area contributed by atoms with Crippen molar-refractivity contribution in [3.63, 3.8) is 0 Å². The predicted octanol–water partition coefficient (Wildman–Crippen LogP) is 2.50. The quantitative estimate of drug-likeness (QED) is 0.408. The van der Waals surface area contributed by atoms with E-state index in [0.717, 1.165) is 6.54 Å². The number of fused-ring (bicyclic) bond motifs is 7. The van der Waals surface area contributed by atoms with Crippen molar-refractivity contribution in [1.29, 1.82) is 0 Å². The highest BCUT2D eigenvalue weighted by Gasteiger charge is 2.34. The first-order valence-corrected chi connectivity index (χ1v) is 7.34. The first-order valence-electron chi connectivity index (χ1n) is 6.52. The van der Waals surface area contributed by atoms with Gasteiger partial charge in [-0.15, -0.1) is 0 Å². The van der Waals surface area contributed by atoms with E-state index in [4.69, 9.17) is 0 Å². The number of thiazole rings is 1. The van der Waals surface area contributed by atoms with Crippen molar-refractivity contribution in [2.24, 2.45) is 7.05 Å². The van der Waals surface area contributed by atoms with Gasteiger partial charge in [0.25, 0.3) is 10.5 Å². The average Bonchev–Trinajstić information content (AvgIpc) is 3.09. The predicted molar refractivity (Wildman–Crippen MR) is 78.6 cm³/mol. The van der Waals surface area contributed by atoms with Gasteiger partial charge in [-0.2, -0.15) is 4.57 Å². The number of aromatic nitrogens is 4. The Morgan fingerprint density at radius 3 is 3.00 bits per heavy atom. The second-order valence-electron chi connectivity index (χ2n) is 5.13. The fraction of sp³-hybridized carbons (Fsp3) is 0.133. The van der Waals surface area contributed by atoms with Gasteiger partial charge < -0.3 is 4.57 Å². The van der Waals surface area contributed by atoms with Gasteiger partial charge in [0.15, 0.2) is 11.4 Å². The number of hydrogen-bond donors (Lipinski definition) is 0. The summed E-state index contributed by atoms with van der Waals surface area (Å²) >= 11 is 1.84. The number of nitrogens with zero attached hydrogens (tertiary/aromatic N) is 4. The maximum atomic E-state index is 4.27. The van der Waals surface area contributed by atoms with E-state index < -0.39 is 0 Å². The van der Waals surface area contributed by atoms with E-state index in [9.17, 15) is 0 Å². The minimum atomic E-state index is 0.939. The maximum Gasteiger partial charge on any atom is 0.273 e. The van der Waals surface area contributed by atoms with Crippen molar-refractivity contribution >= 4 is 32.6 Å². The van der Waals surface area contributed by atoms with Gasteiger partial charge in [-0.1, -0.05) is 0 Å². The van der Waals surface area contributed by atoms with Gasteiger partial charge in [0.1, 0.15) is 0 Å². The van der Waals surface area contributed by atoms with Crippen molar-refractivity contribution in [3.8, 4) is 10.6 Å². The van der Waals surface area contributed by atoms with Crippen LogP contribution in [0.25, 0.3) is 31.8 Å². The monoisotopic (exact) mass is 279 g/mol. The van der Waals surface area contributed by atoms with Gasteiger partial charge in [0.05, 0.1) is 22.7 Å². The minimum absolute atomic E-state index is 0.939. The Kier molecular flexibility index (Phi) is 1.80. The number of hydrogen-bond acceptors (Lipinski definition) is 3. The van der Waals surface area contributed by atoms with Crippen molar-refractivity contribution < 1.29 is 4.57 Å². The van der Waals surface area contributed by atoms with Gasteiger partial charge >= 0.3 is 0 Å². The fourth-order valence-electron chi connectivity index (χ4n) is 3.14. The third-order valence-corrected chi connectivity index (χ3v) is 5.40. The van der Waals surface area contributed by atoms with Crippen LogP contribution in [0.3, 0.4) is 0 Å². The summed E-state index contributed by atoms with van der Waals surface area (Å²) in [7, 11) is 2.11. The molecule has 0 saturated carbocycles. The molecule has 5 rings (SSSR count). The number of rotatable bonds is 0. The highest BCUT2D eigenvalue weighted by molar-refractivity contribution is 7.21. The van der Waals surface area contributed by atoms with E-state index in [-0.39, 0.29) is 0 Å². The largest absolute Gasteiger partial charge is 0.329 e. The highest BCUT2D eigenvalue weighted by atomic mass is 32.1. The lowest BCUT2D eigenvalue weighted by Gasteiger charge is -1.93. The van der Waals surface area contributed by atoms with Crippen LogP contribution in [0.2, 0.25) is 0 Å². The molecule has 5 heteroatoms. The summed E-state index contributed by atoms with van der Waals surface area (Å²) in [5, 5.41) is 2.59. The summed E-state index contributed by atoms with van der Waals surface area (Å²) in [6.45, 7) is 0.939. The molecule has 1 aliphatic rings. The van der Waals surface area contributed by atoms with Crippen LogP contribution in [0.15, 0.2) is 36.9 Å². The highest BCUT2D eigenvalue weighted by Crippen LogP contribution is 2.38. The lowest BCUT2D eigenvalue weighted by atomic mass is 10.2. The fourth-order valence-corrected chi connectivity index (χ4v) is 4.43. The number of aryl methyl sites for hydroxylation is 1. The van der Waals surface area contributed by atoms with Crippen molar-refractivity contribution in [1.82, 2.24) is 14.5 Å². The molecule has 0 amide bonds. The second kappa shape index (κ2) is 3.43. The van der Waals surface area contributed by atoms with E-state index >= 15 is 0 Å². The van der Waals surface area contributed by atoms with Crippen LogP contribution in [0.1, 0.15) is 5.56 Å². The Morgan fingerprint density at radius 1 is 1.20 bits per heavy atom. The third kappa shape index (κ3) is 1.10. The van der Waals surface area contributed by atoms with Crippen LogP contribution in [-0.4, -0.2) is 14.5 Å². The summed E-state index contributed by atoms with van der Waals surface area (Å²) in [5.41, 5.74) is 5.15. The van der Waals surface area contributed by atoms with Gasteiger partial charge in [-0.05, 0) is 23.5 Å². The lowest BCUT2D eigenvalue weighted by molar-refractivity contribution is -0.641. The van der Waals surface area contributed by atoms with E-state index in [1.807, 2.05) is 36.1 Å². The molecule has 0 saturated heterocycles. The van der Waals surface area contributed by atoms with Gasteiger partial charge in [-0.3, -0.25) is 9.97 Å². The van der Waals surface area contributed by atoms with Crippen LogP contribution in [-0.2, 0) is 13.6 Å². The molecular formula is C15H11N4S+. The Hall–Kier alpha value is -2.27. The van der Waals surface area contributed by atoms with Crippen molar-refractivity contribution in [2.75, 3.05) is 0 Å². The molecule has 4 aromatic rings. The first-order chi connectivity index (χ1) is 9.84. The Bertz CT molecular complexity index is 996. The van der Waals surface area contributed by atoms with Gasteiger partial charge in [0, 0.05) is 31.2 Å². The summed E-state index contributed by atoms with van der Waals surface area (Å²) in [6, 6.07) is 4.23. The molecular weight excluding hydrogens is 268 g/mol. The van der Waals surface area contributed by atoms with Crippen LogP contribution < -0.4 is 4.57 Å². The first kappa shape index (κ1) is 10.5. The molecule has 4 nitrogen and oxygen atoms in total. The van der Waals surface area contributed by atoms with Crippen LogP contribution in [0.5, 0.6) is 0 Å². The Labute approximate surface area is 119 Å². The molecule has 0 bridgehead atoms. The molecule has 0 aromatic carbocycles. The maximum absolute atomic E-state index is 4.27. The molecule has 4 aromatic heterocycles. The molecule has 0 spiro atoms. The van der Waals surface area contributed by atoms with Crippen LogP contribution in [0.4, 0.5) is 0 Å². The minimum Gasteiger partial charge on any atom is -0.329 e. The molecule has 5 heterocycles. The smallest absolute Gasteiger partial charge is 0.273 e. The molecule has 96 valence electrons. The Balaban J connectivity index is 1.97. The van der Waals surface area contributed by atoms with Crippen molar-refractivity contribution in [2.45, 2.75) is 6.54 Å². The Morgan fingerprint density at radius 2 is 2.05 bits per heavy atom. The molecule has 1 aliphatic heterocycles. The number of pyridine rings is 2. The van der Waals surface area contributed by atoms with E-state index in [2.05, 4.69) is 38.3 Å². The average molecular weight is 279 g/mol. The molecule has 0 N–H and O–H groups in total. The molecule has 0 atom stereocenters. The summed E-state index contributed by atoms with van der Waals surface area (Å²) < 4.78 is 4.65.